The van der Waals surface area contributed by atoms with Gasteiger partial charge in [-0.15, -0.1) is 5.10 Å². The fourth-order valence-corrected chi connectivity index (χ4v) is 5.62. The van der Waals surface area contributed by atoms with Crippen molar-refractivity contribution < 1.29 is 14.6 Å². The van der Waals surface area contributed by atoms with Gasteiger partial charge in [-0.3, -0.25) is 4.90 Å². The van der Waals surface area contributed by atoms with Gasteiger partial charge in [0.05, 0.1) is 53.0 Å². The number of hydrogen-bond donors (Lipinski definition) is 4. The van der Waals surface area contributed by atoms with Crippen LogP contribution < -0.4 is 20.9 Å². The van der Waals surface area contributed by atoms with Crippen LogP contribution in [0, 0.1) is 22.7 Å². The third-order valence-corrected chi connectivity index (χ3v) is 7.83. The molecule has 3 heterocycles. The zero-order chi connectivity index (χ0) is 30.9. The summed E-state index contributed by atoms with van der Waals surface area (Å²) in [5, 5.41) is 44.2. The smallest absolute Gasteiger partial charge is 0.407 e. The summed E-state index contributed by atoms with van der Waals surface area (Å²) in [6.45, 7) is 4.81. The predicted molar refractivity (Wildman–Crippen MR) is 160 cm³/mol. The molecule has 0 spiro atoms. The van der Waals surface area contributed by atoms with Gasteiger partial charge in [0.1, 0.15) is 6.07 Å². The second-order valence-electron chi connectivity index (χ2n) is 11.6. The van der Waals surface area contributed by atoms with Crippen LogP contribution in [0.2, 0.25) is 5.02 Å². The highest BCUT2D eigenvalue weighted by atomic mass is 35.5. The molecule has 15 heteroatoms. The number of aromatic nitrogens is 4. The maximum atomic E-state index is 12.1. The summed E-state index contributed by atoms with van der Waals surface area (Å²) < 4.78 is 6.27. The van der Waals surface area contributed by atoms with Crippen LogP contribution in [0.25, 0.3) is 5.65 Å². The number of carbonyl (C=O) groups excluding carboxylic acids is 1. The van der Waals surface area contributed by atoms with E-state index in [-0.39, 0.29) is 29.8 Å². The molecule has 4 N–H and O–H groups in total. The summed E-state index contributed by atoms with van der Waals surface area (Å²) in [6.07, 6.45) is 3.52. The number of nitrogens with one attached hydrogen (secondary N) is 3. The number of nitriles is 2. The zero-order valence-electron chi connectivity index (χ0n) is 24.4. The van der Waals surface area contributed by atoms with Crippen LogP contribution in [0.1, 0.15) is 44.4 Å². The zero-order valence-corrected chi connectivity index (χ0v) is 25.2. The summed E-state index contributed by atoms with van der Waals surface area (Å²) >= 11 is 6.99. The molecule has 5 rings (SSSR count). The van der Waals surface area contributed by atoms with E-state index in [9.17, 15) is 20.4 Å². The van der Waals surface area contributed by atoms with Gasteiger partial charge in [0.15, 0.2) is 17.2 Å². The molecule has 0 unspecified atom stereocenters. The number of alkyl carbamates (subject to hydrolysis) is 1. The summed E-state index contributed by atoms with van der Waals surface area (Å²) in [5.41, 5.74) is 1.15. The van der Waals surface area contributed by atoms with Crippen molar-refractivity contribution in [3.05, 3.63) is 34.6 Å². The molecule has 3 aromatic rings. The van der Waals surface area contributed by atoms with Crippen molar-refractivity contribution in [2.75, 3.05) is 49.3 Å². The average molecular weight is 608 g/mol. The minimum Gasteiger partial charge on any atom is -0.453 e. The van der Waals surface area contributed by atoms with E-state index in [1.54, 1.807) is 26.0 Å². The monoisotopic (exact) mass is 607 g/mol. The number of amides is 1. The third kappa shape index (κ3) is 6.83. The van der Waals surface area contributed by atoms with Gasteiger partial charge in [0, 0.05) is 31.7 Å². The van der Waals surface area contributed by atoms with E-state index in [1.807, 2.05) is 11.9 Å². The maximum Gasteiger partial charge on any atom is 0.407 e. The molecule has 1 aliphatic heterocycles. The molecule has 1 amide bonds. The van der Waals surface area contributed by atoms with Crippen LogP contribution in [-0.4, -0.2) is 93.2 Å². The number of piperidine rings is 1. The van der Waals surface area contributed by atoms with Gasteiger partial charge in [0.2, 0.25) is 5.95 Å². The molecule has 1 aromatic carbocycles. The van der Waals surface area contributed by atoms with Crippen LogP contribution in [0.4, 0.5) is 27.9 Å². The molecule has 2 fully saturated rings. The first kappa shape index (κ1) is 30.1. The number of carbonyl (C=O) groups is 1. The lowest BCUT2D eigenvalue weighted by Gasteiger charge is -2.45. The van der Waals surface area contributed by atoms with Gasteiger partial charge < -0.3 is 30.7 Å². The van der Waals surface area contributed by atoms with Gasteiger partial charge in [-0.05, 0) is 52.3 Å². The summed E-state index contributed by atoms with van der Waals surface area (Å²) in [6, 6.07) is 7.48. The Balaban J connectivity index is 1.47. The Morgan fingerprint density at radius 3 is 2.70 bits per heavy atom. The first-order chi connectivity index (χ1) is 20.5. The summed E-state index contributed by atoms with van der Waals surface area (Å²) in [4.78, 5) is 25.1. The second-order valence-corrected chi connectivity index (χ2v) is 11.9. The van der Waals surface area contributed by atoms with E-state index >= 15 is 0 Å². The molecule has 1 saturated heterocycles. The van der Waals surface area contributed by atoms with E-state index in [2.05, 4.69) is 48.1 Å². The Kier molecular flexibility index (Phi) is 8.46. The lowest BCUT2D eigenvalue weighted by molar-refractivity contribution is 0.0233. The fraction of sp³-hybridized carbons (Fsp3) is 0.500. The van der Waals surface area contributed by atoms with E-state index in [0.717, 1.165) is 12.8 Å². The minimum absolute atomic E-state index is 0.178. The SMILES string of the molecule is COC(=O)N[C@H]1CCN(c2cc(C#N)cc(Nc3nc(NC4CC4)c4ncc(C#N)n4n3)c2Cl)C[C@H]1N(C)CC(C)(C)O. The Morgan fingerprint density at radius 2 is 2.05 bits per heavy atom. The summed E-state index contributed by atoms with van der Waals surface area (Å²) in [7, 11) is 3.22. The molecular formula is C28H34ClN11O3. The number of likely N-dealkylation sites (N-methyl/N-ethyl adjacent to an activating group) is 1. The van der Waals surface area contributed by atoms with Gasteiger partial charge in [-0.1, -0.05) is 11.6 Å². The average Bonchev–Trinajstić information content (AvgIpc) is 3.68. The molecule has 43 heavy (non-hydrogen) atoms. The molecule has 2 atom stereocenters. The van der Waals surface area contributed by atoms with Gasteiger partial charge in [-0.2, -0.15) is 20.0 Å². The molecule has 14 nitrogen and oxygen atoms in total. The lowest BCUT2D eigenvalue weighted by Crippen LogP contribution is -2.61. The van der Waals surface area contributed by atoms with Crippen molar-refractivity contribution in [2.45, 2.75) is 56.8 Å². The number of methoxy groups -OCH3 is 1. The number of hydrogen-bond acceptors (Lipinski definition) is 12. The van der Waals surface area contributed by atoms with Crippen LogP contribution in [0.3, 0.4) is 0 Å². The van der Waals surface area contributed by atoms with Crippen molar-refractivity contribution in [2.24, 2.45) is 0 Å². The predicted octanol–water partition coefficient (Wildman–Crippen LogP) is 2.84. The lowest BCUT2D eigenvalue weighted by atomic mass is 9.95. The normalized spacial score (nSPS) is 18.7. The number of anilines is 4. The largest absolute Gasteiger partial charge is 0.453 e. The molecule has 2 aromatic heterocycles. The molecule has 1 aliphatic carbocycles. The highest BCUT2D eigenvalue weighted by molar-refractivity contribution is 6.36. The number of nitrogens with zero attached hydrogens (tertiary/aromatic N) is 8. The number of imidazole rings is 1. The molecule has 0 bridgehead atoms. The van der Waals surface area contributed by atoms with E-state index in [1.165, 1.54) is 17.8 Å². The maximum absolute atomic E-state index is 12.1. The highest BCUT2D eigenvalue weighted by Gasteiger charge is 2.36. The standard InChI is InChI=1S/C28H34ClN11O3/c1-28(2,42)15-38(3)22-14-39(8-7-19(22)35-27(41)43-4)21-10-16(11-30)9-20(23(21)29)34-26-36-24(33-17-5-6-17)25-32-13-18(12-31)40(25)37-26/h9-10,13,17,19,22,42H,5-8,14-15H2,1-4H3,(H,35,41)(H2,33,34,36,37)/t19-,22+/m0/s1. The van der Waals surface area contributed by atoms with Crippen molar-refractivity contribution in [3.8, 4) is 12.1 Å². The number of fused-ring (bicyclic) bond motifs is 1. The van der Waals surface area contributed by atoms with Crippen molar-refractivity contribution >= 4 is 46.5 Å². The molecule has 0 radical (unpaired) electrons. The first-order valence-electron chi connectivity index (χ1n) is 13.9. The number of ether oxygens (including phenoxy) is 1. The van der Waals surface area contributed by atoms with Crippen molar-refractivity contribution in [1.82, 2.24) is 29.8 Å². The first-order valence-corrected chi connectivity index (χ1v) is 14.3. The Hall–Kier alpha value is -4.37. The number of benzene rings is 1. The van der Waals surface area contributed by atoms with E-state index in [0.29, 0.717) is 59.5 Å². The number of aliphatic hydroxyl groups is 1. The van der Waals surface area contributed by atoms with Crippen molar-refractivity contribution in [1.29, 1.82) is 10.5 Å². The van der Waals surface area contributed by atoms with E-state index < -0.39 is 11.7 Å². The van der Waals surface area contributed by atoms with Gasteiger partial charge in [0.25, 0.3) is 0 Å². The molecular weight excluding hydrogens is 574 g/mol. The fourth-order valence-electron chi connectivity index (χ4n) is 5.35. The van der Waals surface area contributed by atoms with Gasteiger partial charge >= 0.3 is 6.09 Å². The molecule has 1 saturated carbocycles. The third-order valence-electron chi connectivity index (χ3n) is 7.44. The van der Waals surface area contributed by atoms with Crippen LogP contribution in [0.15, 0.2) is 18.3 Å². The molecule has 226 valence electrons. The number of halogens is 1. The second kappa shape index (κ2) is 12.1. The Morgan fingerprint density at radius 1 is 1.28 bits per heavy atom. The van der Waals surface area contributed by atoms with Crippen molar-refractivity contribution in [3.63, 3.8) is 0 Å². The van der Waals surface area contributed by atoms with Crippen LogP contribution >= 0.6 is 11.6 Å². The van der Waals surface area contributed by atoms with E-state index in [4.69, 9.17) is 16.3 Å². The summed E-state index contributed by atoms with van der Waals surface area (Å²) in [5.74, 6) is 0.670. The Bertz CT molecular complexity index is 1600. The molecule has 2 aliphatic rings. The topological polar surface area (TPSA) is 180 Å². The Labute approximate surface area is 254 Å². The highest BCUT2D eigenvalue weighted by Crippen LogP contribution is 2.38. The van der Waals surface area contributed by atoms with Crippen LogP contribution in [-0.2, 0) is 4.74 Å². The van der Waals surface area contributed by atoms with Gasteiger partial charge in [-0.25, -0.2) is 9.78 Å². The van der Waals surface area contributed by atoms with Crippen LogP contribution in [0.5, 0.6) is 0 Å². The quantitative estimate of drug-likeness (QED) is 0.280. The number of rotatable bonds is 9. The minimum atomic E-state index is -0.961.